The lowest BCUT2D eigenvalue weighted by Crippen LogP contribution is -2.29. The largest absolute Gasteiger partial charge is 0.262 e. The molecule has 0 amide bonds. The fraction of sp³-hybridized carbons (Fsp3) is 1.00. The zero-order valence-electron chi connectivity index (χ0n) is 26.3. The van der Waals surface area contributed by atoms with Crippen molar-refractivity contribution in [3.05, 3.63) is 0 Å². The molecule has 0 fully saturated rings. The molecule has 0 nitrogen and oxygen atoms in total. The maximum absolute atomic E-state index is 2.52. The van der Waals surface area contributed by atoms with Gasteiger partial charge in [-0.3, -0.25) is 0 Å². The van der Waals surface area contributed by atoms with Crippen molar-refractivity contribution in [1.82, 2.24) is 0 Å². The van der Waals surface area contributed by atoms with E-state index in [-0.39, 0.29) is 0 Å². The molecule has 0 N–H and O–H groups in total. The Kier molecular flexibility index (Phi) is 19.9. The second-order valence-corrected chi connectivity index (χ2v) is 17.7. The van der Waals surface area contributed by atoms with Gasteiger partial charge in [0.05, 0.1) is 0 Å². The zero-order chi connectivity index (χ0) is 26.3. The van der Waals surface area contributed by atoms with Crippen LogP contribution in [-0.4, -0.2) is 14.1 Å². The van der Waals surface area contributed by atoms with Crippen LogP contribution in [0.2, 0.25) is 15.8 Å². The van der Waals surface area contributed by atoms with Crippen LogP contribution in [-0.2, 0) is 0 Å². The quantitative estimate of drug-likeness (QED) is 0.140. The molecule has 0 rings (SSSR count). The molecular formula is C33H69Al. The van der Waals surface area contributed by atoms with Gasteiger partial charge in [-0.1, -0.05) is 174 Å². The van der Waals surface area contributed by atoms with Gasteiger partial charge in [-0.15, -0.1) is 0 Å². The van der Waals surface area contributed by atoms with Crippen molar-refractivity contribution in [2.24, 2.45) is 53.3 Å². The van der Waals surface area contributed by atoms with Gasteiger partial charge >= 0.3 is 0 Å². The smallest absolute Gasteiger partial charge is 0.0908 e. The first-order valence-corrected chi connectivity index (χ1v) is 18.3. The predicted octanol–water partition coefficient (Wildman–Crippen LogP) is 11.8. The first-order valence-electron chi connectivity index (χ1n) is 15.8. The number of hydrogen-bond donors (Lipinski definition) is 0. The predicted molar refractivity (Wildman–Crippen MR) is 161 cm³/mol. The highest BCUT2D eigenvalue weighted by molar-refractivity contribution is 6.59. The summed E-state index contributed by atoms with van der Waals surface area (Å²) in [7, 11) is 0. The van der Waals surface area contributed by atoms with Crippen LogP contribution >= 0.6 is 0 Å². The lowest BCUT2D eigenvalue weighted by Gasteiger charge is -2.32. The Morgan fingerprint density at radius 3 is 0.765 bits per heavy atom. The van der Waals surface area contributed by atoms with Crippen molar-refractivity contribution in [2.75, 3.05) is 0 Å². The van der Waals surface area contributed by atoms with E-state index in [4.69, 9.17) is 0 Å². The van der Waals surface area contributed by atoms with Gasteiger partial charge in [-0.25, -0.2) is 0 Å². The average molecular weight is 493 g/mol. The van der Waals surface area contributed by atoms with Crippen LogP contribution < -0.4 is 0 Å². The second-order valence-electron chi connectivity index (χ2n) is 14.6. The van der Waals surface area contributed by atoms with E-state index in [1.54, 1.807) is 15.8 Å². The van der Waals surface area contributed by atoms with E-state index >= 15 is 0 Å². The molecule has 0 spiro atoms. The van der Waals surface area contributed by atoms with Gasteiger partial charge in [0.25, 0.3) is 14.1 Å². The van der Waals surface area contributed by atoms with Crippen LogP contribution in [0.4, 0.5) is 0 Å². The molecule has 3 unspecified atom stereocenters. The third-order valence-electron chi connectivity index (χ3n) is 8.81. The molecule has 0 aliphatic heterocycles. The summed E-state index contributed by atoms with van der Waals surface area (Å²) < 4.78 is 0. The molecular weight excluding hydrogens is 423 g/mol. The summed E-state index contributed by atoms with van der Waals surface area (Å²) in [5.41, 5.74) is 0. The molecule has 0 saturated heterocycles. The minimum atomic E-state index is -0.777. The first kappa shape index (κ1) is 34.5. The van der Waals surface area contributed by atoms with Gasteiger partial charge in [0.15, 0.2) is 0 Å². The van der Waals surface area contributed by atoms with Gasteiger partial charge in [-0.05, 0) is 35.5 Å². The summed E-state index contributed by atoms with van der Waals surface area (Å²) in [6.07, 6.45) is 13.1. The Bertz CT molecular complexity index is 381. The molecule has 0 aromatic carbocycles. The molecule has 0 aromatic heterocycles. The van der Waals surface area contributed by atoms with Crippen LogP contribution in [0, 0.1) is 53.3 Å². The van der Waals surface area contributed by atoms with Crippen LogP contribution in [0.5, 0.6) is 0 Å². The van der Waals surface area contributed by atoms with E-state index in [9.17, 15) is 0 Å². The molecule has 0 bridgehead atoms. The second kappa shape index (κ2) is 19.6. The van der Waals surface area contributed by atoms with Gasteiger partial charge in [0, 0.05) is 0 Å². The molecule has 3 atom stereocenters. The van der Waals surface area contributed by atoms with Crippen LogP contribution in [0.3, 0.4) is 0 Å². The molecule has 0 aliphatic rings. The van der Waals surface area contributed by atoms with E-state index in [0.717, 1.165) is 53.3 Å². The van der Waals surface area contributed by atoms with Crippen LogP contribution in [0.15, 0.2) is 0 Å². The maximum Gasteiger partial charge on any atom is 0.262 e. The van der Waals surface area contributed by atoms with E-state index in [1.165, 1.54) is 57.8 Å². The standard InChI is InChI=1S/3C11H23.Al/c3*1-9(2)7-6-8-11(5)10(3)4;/h3*9-11H,5-8H2,1-4H3;. The average Bonchev–Trinajstić information content (AvgIpc) is 2.69. The Labute approximate surface area is 223 Å². The third kappa shape index (κ3) is 17.9. The Balaban J connectivity index is 5.45. The molecule has 0 saturated carbocycles. The molecule has 0 aromatic rings. The number of rotatable bonds is 21. The van der Waals surface area contributed by atoms with Crippen molar-refractivity contribution < 1.29 is 0 Å². The SMILES string of the molecule is CC(C)CCCC([CH2][Al]([CH2]C(CCCC(C)C)C(C)C)[CH2]C(CCCC(C)C)C(C)C)C(C)C. The summed E-state index contributed by atoms with van der Waals surface area (Å²) >= 11 is -0.777. The van der Waals surface area contributed by atoms with E-state index in [1.807, 2.05) is 0 Å². The third-order valence-corrected chi connectivity index (χ3v) is 12.6. The lowest BCUT2D eigenvalue weighted by molar-refractivity contribution is 0.338. The van der Waals surface area contributed by atoms with E-state index in [0.29, 0.717) is 0 Å². The summed E-state index contributed by atoms with van der Waals surface area (Å²) in [6, 6.07) is 0. The van der Waals surface area contributed by atoms with Gasteiger partial charge in [0.1, 0.15) is 0 Å². The lowest BCUT2D eigenvalue weighted by atomic mass is 9.90. The van der Waals surface area contributed by atoms with E-state index < -0.39 is 14.1 Å². The molecule has 1 heteroatoms. The van der Waals surface area contributed by atoms with Crippen LogP contribution in [0.25, 0.3) is 0 Å². The maximum atomic E-state index is 2.52. The summed E-state index contributed by atoms with van der Waals surface area (Å²) in [5, 5.41) is 4.86. The Morgan fingerprint density at radius 1 is 0.353 bits per heavy atom. The van der Waals surface area contributed by atoms with Gasteiger partial charge < -0.3 is 0 Å². The fourth-order valence-electron chi connectivity index (χ4n) is 6.11. The van der Waals surface area contributed by atoms with Crippen molar-refractivity contribution in [3.63, 3.8) is 0 Å². The zero-order valence-corrected chi connectivity index (χ0v) is 27.4. The van der Waals surface area contributed by atoms with Crippen LogP contribution in [0.1, 0.15) is 141 Å². The number of hydrogen-bond acceptors (Lipinski definition) is 0. The molecule has 0 heterocycles. The minimum absolute atomic E-state index is 0.777. The normalized spacial score (nSPS) is 15.4. The van der Waals surface area contributed by atoms with Gasteiger partial charge in [-0.2, -0.15) is 0 Å². The van der Waals surface area contributed by atoms with E-state index in [2.05, 4.69) is 83.1 Å². The molecule has 0 aliphatic carbocycles. The fourth-order valence-corrected chi connectivity index (χ4v) is 11.6. The Morgan fingerprint density at radius 2 is 0.588 bits per heavy atom. The molecule has 204 valence electrons. The molecule has 34 heavy (non-hydrogen) atoms. The highest BCUT2D eigenvalue weighted by atomic mass is 27.2. The van der Waals surface area contributed by atoms with Crippen molar-refractivity contribution in [2.45, 2.75) is 157 Å². The highest BCUT2D eigenvalue weighted by Crippen LogP contribution is 2.36. The first-order chi connectivity index (χ1) is 15.8. The Hall–Kier alpha value is 0.532. The summed E-state index contributed by atoms with van der Waals surface area (Å²) in [6.45, 7) is 29.5. The van der Waals surface area contributed by atoms with Crippen molar-refractivity contribution in [3.8, 4) is 0 Å². The monoisotopic (exact) mass is 493 g/mol. The van der Waals surface area contributed by atoms with Crippen molar-refractivity contribution >= 4 is 14.1 Å². The molecule has 0 radical (unpaired) electrons. The van der Waals surface area contributed by atoms with Crippen molar-refractivity contribution in [1.29, 1.82) is 0 Å². The minimum Gasteiger partial charge on any atom is -0.0908 e. The topological polar surface area (TPSA) is 0 Å². The summed E-state index contributed by atoms with van der Waals surface area (Å²) in [5.74, 6) is 8.08. The van der Waals surface area contributed by atoms with Gasteiger partial charge in [0.2, 0.25) is 0 Å². The highest BCUT2D eigenvalue weighted by Gasteiger charge is 2.31. The summed E-state index contributed by atoms with van der Waals surface area (Å²) in [4.78, 5) is 0.